The van der Waals surface area contributed by atoms with Gasteiger partial charge in [0.15, 0.2) is 0 Å². The van der Waals surface area contributed by atoms with E-state index in [0.717, 1.165) is 49.5 Å². The van der Waals surface area contributed by atoms with Crippen LogP contribution < -0.4 is 10.6 Å². The van der Waals surface area contributed by atoms with Gasteiger partial charge < -0.3 is 15.4 Å². The van der Waals surface area contributed by atoms with Crippen molar-refractivity contribution < 1.29 is 9.53 Å². The van der Waals surface area contributed by atoms with E-state index in [9.17, 15) is 4.79 Å². The van der Waals surface area contributed by atoms with Crippen LogP contribution in [0.5, 0.6) is 0 Å². The summed E-state index contributed by atoms with van der Waals surface area (Å²) in [6.07, 6.45) is 52.7. The van der Waals surface area contributed by atoms with Crippen molar-refractivity contribution in [3.05, 3.63) is 110 Å². The van der Waals surface area contributed by atoms with E-state index in [1.165, 1.54) is 64.5 Å². The van der Waals surface area contributed by atoms with E-state index in [0.29, 0.717) is 11.7 Å². The number of thioether (sulfide) groups is 1. The summed E-state index contributed by atoms with van der Waals surface area (Å²) in [6.45, 7) is 42.3. The van der Waals surface area contributed by atoms with Gasteiger partial charge in [0.25, 0.3) is 0 Å². The first-order chi connectivity index (χ1) is 31.9. The van der Waals surface area contributed by atoms with Crippen molar-refractivity contribution in [2.24, 2.45) is 23.7 Å². The van der Waals surface area contributed by atoms with Crippen molar-refractivity contribution in [3.8, 4) is 0 Å². The maximum Gasteiger partial charge on any atom is 0.134 e. The molecule has 0 saturated carbocycles. The van der Waals surface area contributed by atoms with Gasteiger partial charge in [-0.25, -0.2) is 0 Å². The molecule has 0 spiro atoms. The maximum absolute atomic E-state index is 10.8. The molecule has 0 aromatic heterocycles. The molecule has 7 heteroatoms. The van der Waals surface area contributed by atoms with Crippen molar-refractivity contribution >= 4 is 39.1 Å². The number of ether oxygens (including phenoxy) is 1. The third-order valence-corrected chi connectivity index (χ3v) is 11.3. The van der Waals surface area contributed by atoms with E-state index >= 15 is 0 Å². The van der Waals surface area contributed by atoms with Crippen molar-refractivity contribution in [3.63, 3.8) is 0 Å². The number of ketones is 1. The monoisotopic (exact) mass is 981 g/mol. The zero-order valence-corrected chi connectivity index (χ0v) is 50.0. The van der Waals surface area contributed by atoms with Crippen molar-refractivity contribution in [2.45, 2.75) is 182 Å². The first-order valence-corrected chi connectivity index (χ1v) is 29.6. The molecule has 2 rings (SSSR count). The smallest absolute Gasteiger partial charge is 0.134 e. The fourth-order valence-electron chi connectivity index (χ4n) is 4.94. The molecule has 4 atom stereocenters. The van der Waals surface area contributed by atoms with Crippen LogP contribution in [0, 0.1) is 23.7 Å². The highest BCUT2D eigenvalue weighted by molar-refractivity contribution is 8.76. The summed E-state index contributed by atoms with van der Waals surface area (Å²) in [6, 6.07) is 0. The van der Waals surface area contributed by atoms with Crippen LogP contribution in [0.15, 0.2) is 110 Å². The number of nitrogens with one attached hydrogen (secondary N) is 2. The molecule has 4 nitrogen and oxygen atoms in total. The Morgan fingerprint density at radius 3 is 1.24 bits per heavy atom. The largest absolute Gasteiger partial charge is 0.502 e. The summed E-state index contributed by atoms with van der Waals surface area (Å²) in [5.74, 6) is 5.31. The molecule has 0 aromatic carbocycles. The second kappa shape index (κ2) is 86.3. The molecular formula is C59H116N2O2S3. The van der Waals surface area contributed by atoms with Gasteiger partial charge in [-0.2, -0.15) is 11.8 Å². The Morgan fingerprint density at radius 1 is 0.545 bits per heavy atom. The molecule has 2 fully saturated rings. The molecule has 0 amide bonds. The van der Waals surface area contributed by atoms with Crippen LogP contribution in [0.4, 0.5) is 0 Å². The summed E-state index contributed by atoms with van der Waals surface area (Å²) in [4.78, 5) is 10.8. The maximum atomic E-state index is 10.8. The Hall–Kier alpha value is -1.90. The Morgan fingerprint density at radius 2 is 1.02 bits per heavy atom. The average Bonchev–Trinajstić information content (AvgIpc) is 3.97. The lowest BCUT2D eigenvalue weighted by atomic mass is 9.95. The first kappa shape index (κ1) is 81.1. The predicted octanol–water partition coefficient (Wildman–Crippen LogP) is 19.3. The van der Waals surface area contributed by atoms with Crippen LogP contribution in [0.2, 0.25) is 0 Å². The van der Waals surface area contributed by atoms with Crippen LogP contribution in [-0.4, -0.2) is 62.6 Å². The zero-order chi connectivity index (χ0) is 52.2. The summed E-state index contributed by atoms with van der Waals surface area (Å²) in [5.41, 5.74) is 0. The molecule has 0 aliphatic carbocycles. The predicted molar refractivity (Wildman–Crippen MR) is 321 cm³/mol. The van der Waals surface area contributed by atoms with E-state index in [1.807, 2.05) is 89.3 Å². The molecule has 4 unspecified atom stereocenters. The average molecular weight is 982 g/mol. The number of hydrogen-bond donors (Lipinski definition) is 2. The normalized spacial score (nSPS) is 17.2. The number of allylic oxidation sites excluding steroid dienone is 15. The lowest BCUT2D eigenvalue weighted by molar-refractivity contribution is -0.121. The fraction of sp³-hybridized carbons (Fsp3) is 0.678. The molecule has 2 aliphatic heterocycles. The number of carbonyl (C=O) groups excluding carboxylic acids is 1. The van der Waals surface area contributed by atoms with Gasteiger partial charge in [-0.3, -0.25) is 4.79 Å². The minimum absolute atomic E-state index is 0.282. The Labute approximate surface area is 429 Å². The van der Waals surface area contributed by atoms with Gasteiger partial charge in [0.2, 0.25) is 0 Å². The van der Waals surface area contributed by atoms with Crippen molar-refractivity contribution in [1.29, 1.82) is 0 Å². The van der Waals surface area contributed by atoms with Crippen molar-refractivity contribution in [1.82, 2.24) is 10.6 Å². The number of rotatable bonds is 18. The summed E-state index contributed by atoms with van der Waals surface area (Å²) < 4.78 is 4.80. The molecule has 0 bridgehead atoms. The minimum Gasteiger partial charge on any atom is -0.502 e. The summed E-state index contributed by atoms with van der Waals surface area (Å²) in [7, 11) is 3.67. The van der Waals surface area contributed by atoms with E-state index in [-0.39, 0.29) is 5.92 Å². The van der Waals surface area contributed by atoms with E-state index in [1.54, 1.807) is 24.0 Å². The Kier molecular flexibility index (Phi) is 106. The van der Waals surface area contributed by atoms with Crippen LogP contribution in [-0.2, 0) is 9.53 Å². The summed E-state index contributed by atoms with van der Waals surface area (Å²) in [5, 5.41) is 6.56. The van der Waals surface area contributed by atoms with Crippen LogP contribution in [0.3, 0.4) is 0 Å². The third-order valence-electron chi connectivity index (χ3n) is 9.08. The highest BCUT2D eigenvalue weighted by Gasteiger charge is 2.26. The van der Waals surface area contributed by atoms with Crippen molar-refractivity contribution in [2.75, 3.05) is 56.8 Å². The van der Waals surface area contributed by atoms with Gasteiger partial charge in [0, 0.05) is 24.0 Å². The van der Waals surface area contributed by atoms with Gasteiger partial charge in [-0.1, -0.05) is 192 Å². The van der Waals surface area contributed by atoms with E-state index < -0.39 is 0 Å². The van der Waals surface area contributed by atoms with Gasteiger partial charge in [-0.15, -0.1) is 0 Å². The first-order valence-electron chi connectivity index (χ1n) is 25.5. The number of unbranched alkanes of at least 4 members (excludes halogenated alkanes) is 4. The van der Waals surface area contributed by atoms with Crippen LogP contribution in [0.1, 0.15) is 182 Å². The summed E-state index contributed by atoms with van der Waals surface area (Å²) >= 11 is 1.84. The second-order valence-corrected chi connectivity index (χ2v) is 18.6. The van der Waals surface area contributed by atoms with Crippen LogP contribution >= 0.6 is 33.3 Å². The lowest BCUT2D eigenvalue weighted by Crippen LogP contribution is -2.17. The number of carbonyl (C=O) groups is 1. The van der Waals surface area contributed by atoms with Gasteiger partial charge in [-0.05, 0) is 165 Å². The molecule has 66 heavy (non-hydrogen) atoms. The SMILES string of the molecule is CC(=O)C1CNCC1C.CC=CC.CC=CCC.CC=CCCC.CC=CCCC=CC.CC=CCCCC.CC=CCSC.CC=CCSSC.CC=COCC.CCC1CNCC1C. The molecule has 0 aromatic rings. The minimum atomic E-state index is 0.282. The molecule has 392 valence electrons. The van der Waals surface area contributed by atoms with Gasteiger partial charge >= 0.3 is 0 Å². The highest BCUT2D eigenvalue weighted by Crippen LogP contribution is 2.18. The fourth-order valence-corrected chi connectivity index (χ4v) is 6.37. The van der Waals surface area contributed by atoms with Crippen LogP contribution in [0.25, 0.3) is 0 Å². The van der Waals surface area contributed by atoms with E-state index in [2.05, 4.69) is 177 Å². The van der Waals surface area contributed by atoms with E-state index in [4.69, 9.17) is 4.74 Å². The van der Waals surface area contributed by atoms with Gasteiger partial charge in [0.1, 0.15) is 5.78 Å². The molecule has 2 N–H and O–H groups in total. The molecule has 2 saturated heterocycles. The van der Waals surface area contributed by atoms with Gasteiger partial charge in [0.05, 0.1) is 12.9 Å². The lowest BCUT2D eigenvalue weighted by Gasteiger charge is -2.08. The Bertz CT molecular complexity index is 1030. The number of hydrogen-bond acceptors (Lipinski definition) is 7. The standard InChI is InChI=1S/C8H14.C7H13NO.C7H15N.C7H14.C6H12.C5H10O.C5H10S2.C5H10S.C5H10.C4H8/c1-3-5-7-8-6-4-2;1-5-3-8-4-7(5)6(2)9;1-3-7-5-8-4-6(7)2;1-3-5-7-6-4-2;2*1-3-5-6-4-2;1-3-4-5-7-6-2;1-3-4-5-6-2;1-3-5-4-2;1-3-4-2/h3-6H,7-8H2,1-2H3;5,7-8H,3-4H2,1-2H3;6-8H,3-5H2,1-2H3;3,5H,4,6-7H2,1-2H3;3,5H,4,6H2,1-2H3;3,5H,4H2,1-2H3;3-4H,5H2,1-2H3;3-4H,5H2,1-2H3;3,5H,4H2,1-2H3;3-4H,1-2H3. The zero-order valence-electron chi connectivity index (χ0n) is 47.6. The third kappa shape index (κ3) is 96.2. The topological polar surface area (TPSA) is 50.4 Å². The second-order valence-electron chi connectivity index (χ2n) is 15.1. The molecule has 0 radical (unpaired) electrons. The quantitative estimate of drug-likeness (QED) is 0.0614. The molecule has 2 heterocycles. The molecular weight excluding hydrogens is 865 g/mol. The highest BCUT2D eigenvalue weighted by atomic mass is 33.1. The Balaban J connectivity index is -0.0000000951. The number of Topliss-reactive ketones (excluding diaryl/α,β-unsaturated/α-hetero) is 1. The molecule has 2 aliphatic rings.